The van der Waals surface area contributed by atoms with Crippen molar-refractivity contribution in [3.05, 3.63) is 122 Å². The molecule has 0 aliphatic carbocycles. The molecule has 3 heterocycles. The first-order chi connectivity index (χ1) is 16.9. The van der Waals surface area contributed by atoms with Crippen LogP contribution in [-0.4, -0.2) is 19.1 Å². The van der Waals surface area contributed by atoms with E-state index in [4.69, 9.17) is 9.97 Å². The van der Waals surface area contributed by atoms with Crippen LogP contribution < -0.4 is 0 Å². The lowest BCUT2D eigenvalue weighted by molar-refractivity contribution is 0.992. The van der Waals surface area contributed by atoms with E-state index in [-0.39, 0.29) is 0 Å². The summed E-state index contributed by atoms with van der Waals surface area (Å²) in [4.78, 5) is 9.63. The second-order valence-electron chi connectivity index (χ2n) is 8.41. The van der Waals surface area contributed by atoms with Gasteiger partial charge in [-0.1, -0.05) is 72.8 Å². The van der Waals surface area contributed by atoms with Crippen molar-refractivity contribution < 1.29 is 0 Å². The fourth-order valence-electron chi connectivity index (χ4n) is 4.91. The van der Waals surface area contributed by atoms with Gasteiger partial charge in [-0.3, -0.25) is 4.57 Å². The lowest BCUT2D eigenvalue weighted by atomic mass is 10.1. The molecule has 4 heteroatoms. The zero-order chi connectivity index (χ0) is 22.5. The van der Waals surface area contributed by atoms with Crippen LogP contribution in [-0.2, 0) is 0 Å². The number of nitrogens with zero attached hydrogens (tertiary/aromatic N) is 4. The number of benzene rings is 4. The molecule has 0 saturated carbocycles. The van der Waals surface area contributed by atoms with Crippen LogP contribution in [0.3, 0.4) is 0 Å². The predicted molar refractivity (Wildman–Crippen MR) is 139 cm³/mol. The van der Waals surface area contributed by atoms with Crippen molar-refractivity contribution >= 4 is 32.7 Å². The normalized spacial score (nSPS) is 11.5. The molecule has 0 aliphatic heterocycles. The van der Waals surface area contributed by atoms with Gasteiger partial charge in [0.05, 0.1) is 16.6 Å². The Kier molecular flexibility index (Phi) is 4.11. The van der Waals surface area contributed by atoms with Gasteiger partial charge in [-0.05, 0) is 35.9 Å². The van der Waals surface area contributed by atoms with Gasteiger partial charge in [0, 0.05) is 46.0 Å². The van der Waals surface area contributed by atoms with Crippen molar-refractivity contribution in [2.75, 3.05) is 0 Å². The summed E-state index contributed by atoms with van der Waals surface area (Å²) in [5, 5.41) is 3.57. The summed E-state index contributed by atoms with van der Waals surface area (Å²) in [5.74, 6) is 0.672. The zero-order valence-corrected chi connectivity index (χ0v) is 18.3. The quantitative estimate of drug-likeness (QED) is 0.294. The predicted octanol–water partition coefficient (Wildman–Crippen LogP) is 7.18. The molecule has 34 heavy (non-hydrogen) atoms. The summed E-state index contributed by atoms with van der Waals surface area (Å²) in [6, 6.07) is 35.8. The first kappa shape index (κ1) is 18.8. The molecule has 0 amide bonds. The van der Waals surface area contributed by atoms with Gasteiger partial charge in [-0.15, -0.1) is 0 Å². The summed E-state index contributed by atoms with van der Waals surface area (Å²) < 4.78 is 4.42. The van der Waals surface area contributed by atoms with E-state index in [1.807, 2.05) is 36.7 Å². The van der Waals surface area contributed by atoms with Crippen molar-refractivity contribution in [2.45, 2.75) is 0 Å². The van der Waals surface area contributed by atoms with Crippen LogP contribution in [0.4, 0.5) is 0 Å². The molecule has 4 aromatic carbocycles. The molecule has 0 N–H and O–H groups in total. The smallest absolute Gasteiger partial charge is 0.234 e. The van der Waals surface area contributed by atoms with Gasteiger partial charge in [0.25, 0.3) is 0 Å². The third-order valence-corrected chi connectivity index (χ3v) is 6.48. The molecule has 7 rings (SSSR count). The standard InChI is InChI=1S/C30H20N4/c1-3-9-21(10-4-1)22-19-31-30(32-20-22)34-28-14-8-7-13-24(28)25-15-16-27-26(29(25)34)17-18-33(27)23-11-5-2-6-12-23/h1-20H. The minimum Gasteiger partial charge on any atom is -0.316 e. The van der Waals surface area contributed by atoms with E-state index in [9.17, 15) is 0 Å². The van der Waals surface area contributed by atoms with Crippen LogP contribution in [0.2, 0.25) is 0 Å². The second-order valence-corrected chi connectivity index (χ2v) is 8.41. The highest BCUT2D eigenvalue weighted by atomic mass is 15.2. The van der Waals surface area contributed by atoms with Crippen molar-refractivity contribution in [2.24, 2.45) is 0 Å². The number of rotatable bonds is 3. The van der Waals surface area contributed by atoms with E-state index in [0.717, 1.165) is 33.4 Å². The highest BCUT2D eigenvalue weighted by molar-refractivity contribution is 6.18. The molecular formula is C30H20N4. The Labute approximate surface area is 196 Å². The molecular weight excluding hydrogens is 416 g/mol. The van der Waals surface area contributed by atoms with Gasteiger partial charge in [0.1, 0.15) is 0 Å². The largest absolute Gasteiger partial charge is 0.316 e. The average molecular weight is 437 g/mol. The molecule has 0 unspecified atom stereocenters. The Morgan fingerprint density at radius 2 is 1.21 bits per heavy atom. The molecule has 0 spiro atoms. The highest BCUT2D eigenvalue weighted by Gasteiger charge is 2.18. The first-order valence-electron chi connectivity index (χ1n) is 11.3. The molecule has 0 atom stereocenters. The fraction of sp³-hybridized carbons (Fsp3) is 0. The molecule has 7 aromatic rings. The lowest BCUT2D eigenvalue weighted by Crippen LogP contribution is -2.01. The summed E-state index contributed by atoms with van der Waals surface area (Å²) in [6.07, 6.45) is 5.96. The van der Waals surface area contributed by atoms with E-state index < -0.39 is 0 Å². The Morgan fingerprint density at radius 3 is 2.00 bits per heavy atom. The fourth-order valence-corrected chi connectivity index (χ4v) is 4.91. The minimum atomic E-state index is 0.672. The van der Waals surface area contributed by atoms with Crippen LogP contribution in [0.25, 0.3) is 55.5 Å². The maximum atomic E-state index is 4.81. The third kappa shape index (κ3) is 2.79. The number of fused-ring (bicyclic) bond motifs is 5. The molecule has 4 nitrogen and oxygen atoms in total. The molecule has 0 bridgehead atoms. The number of hydrogen-bond donors (Lipinski definition) is 0. The van der Waals surface area contributed by atoms with E-state index >= 15 is 0 Å². The number of aromatic nitrogens is 4. The average Bonchev–Trinajstić information content (AvgIpc) is 3.49. The highest BCUT2D eigenvalue weighted by Crippen LogP contribution is 2.36. The van der Waals surface area contributed by atoms with E-state index in [0.29, 0.717) is 5.95 Å². The Bertz CT molecular complexity index is 1780. The second kappa shape index (κ2) is 7.42. The maximum absolute atomic E-state index is 4.81. The Morgan fingerprint density at radius 1 is 0.500 bits per heavy atom. The maximum Gasteiger partial charge on any atom is 0.234 e. The molecule has 0 aliphatic rings. The Balaban J connectivity index is 1.51. The number of hydrogen-bond acceptors (Lipinski definition) is 2. The molecule has 0 fully saturated rings. The van der Waals surface area contributed by atoms with Crippen LogP contribution >= 0.6 is 0 Å². The third-order valence-electron chi connectivity index (χ3n) is 6.48. The van der Waals surface area contributed by atoms with Crippen molar-refractivity contribution in [3.8, 4) is 22.8 Å². The summed E-state index contributed by atoms with van der Waals surface area (Å²) in [6.45, 7) is 0. The van der Waals surface area contributed by atoms with Gasteiger partial charge in [0.2, 0.25) is 5.95 Å². The van der Waals surface area contributed by atoms with Gasteiger partial charge < -0.3 is 4.57 Å². The van der Waals surface area contributed by atoms with Crippen molar-refractivity contribution in [1.29, 1.82) is 0 Å². The number of para-hydroxylation sites is 2. The topological polar surface area (TPSA) is 35.6 Å². The SMILES string of the molecule is c1ccc(-c2cnc(-n3c4ccccc4c4ccc5c(ccn5-c5ccccc5)c43)nc2)cc1. The summed E-state index contributed by atoms with van der Waals surface area (Å²) >= 11 is 0. The van der Waals surface area contributed by atoms with Crippen LogP contribution in [0.5, 0.6) is 0 Å². The van der Waals surface area contributed by atoms with Gasteiger partial charge in [-0.2, -0.15) is 0 Å². The molecule has 3 aromatic heterocycles. The zero-order valence-electron chi connectivity index (χ0n) is 18.3. The van der Waals surface area contributed by atoms with E-state index in [1.54, 1.807) is 0 Å². The van der Waals surface area contributed by atoms with Crippen molar-refractivity contribution in [1.82, 2.24) is 19.1 Å². The Hall–Kier alpha value is -4.70. The van der Waals surface area contributed by atoms with Gasteiger partial charge in [-0.25, -0.2) is 9.97 Å². The lowest BCUT2D eigenvalue weighted by Gasteiger charge is -2.09. The molecule has 0 saturated heterocycles. The van der Waals surface area contributed by atoms with E-state index in [2.05, 4.69) is 94.2 Å². The first-order valence-corrected chi connectivity index (χ1v) is 11.3. The minimum absolute atomic E-state index is 0.672. The van der Waals surface area contributed by atoms with E-state index in [1.165, 1.54) is 16.2 Å². The van der Waals surface area contributed by atoms with Crippen LogP contribution in [0, 0.1) is 0 Å². The molecule has 160 valence electrons. The van der Waals surface area contributed by atoms with Gasteiger partial charge >= 0.3 is 0 Å². The van der Waals surface area contributed by atoms with Crippen LogP contribution in [0.1, 0.15) is 0 Å². The molecule has 0 radical (unpaired) electrons. The summed E-state index contributed by atoms with van der Waals surface area (Å²) in [5.41, 5.74) is 6.64. The summed E-state index contributed by atoms with van der Waals surface area (Å²) in [7, 11) is 0. The van der Waals surface area contributed by atoms with Gasteiger partial charge in [0.15, 0.2) is 0 Å². The monoisotopic (exact) mass is 436 g/mol. The van der Waals surface area contributed by atoms with Crippen LogP contribution in [0.15, 0.2) is 122 Å². The van der Waals surface area contributed by atoms with Crippen molar-refractivity contribution in [3.63, 3.8) is 0 Å².